The first kappa shape index (κ1) is 15.4. The Morgan fingerprint density at radius 3 is 2.62 bits per heavy atom. The van der Waals surface area contributed by atoms with Crippen LogP contribution in [0.25, 0.3) is 0 Å². The summed E-state index contributed by atoms with van der Waals surface area (Å²) in [6, 6.07) is 3.70. The smallest absolute Gasteiger partial charge is 0.184 e. The Kier molecular flexibility index (Phi) is 4.85. The first-order valence-electron chi connectivity index (χ1n) is 6.96. The first-order chi connectivity index (χ1) is 10.1. The number of hydrogen-bond donors (Lipinski definition) is 1. The van der Waals surface area contributed by atoms with Crippen LogP contribution in [0.4, 0.5) is 0 Å². The largest absolute Gasteiger partial charge is 0.493 e. The maximum absolute atomic E-state index is 10.1. The lowest BCUT2D eigenvalue weighted by Gasteiger charge is -2.13. The number of hydrogen-bond acceptors (Lipinski definition) is 4. The molecule has 21 heavy (non-hydrogen) atoms. The molecule has 5 nitrogen and oxygen atoms in total. The summed E-state index contributed by atoms with van der Waals surface area (Å²) in [6.07, 6.45) is 5.11. The minimum absolute atomic E-state index is 0.185. The van der Waals surface area contributed by atoms with Gasteiger partial charge in [0.15, 0.2) is 11.5 Å². The van der Waals surface area contributed by atoms with Crippen LogP contribution in [0.2, 0.25) is 0 Å². The molecular weight excluding hydrogens is 268 g/mol. The standard InChI is InChI=1S/C16H22N2O3/c1-11(2)15(19)12-6-8-18(9-12)10-13-16(21-4)14(20-3)5-7-17-13/h5-9,11,15,19H,10H2,1-4H3. The molecule has 0 aliphatic carbocycles. The van der Waals surface area contributed by atoms with E-state index in [0.717, 1.165) is 11.3 Å². The Hall–Kier alpha value is -2.01. The van der Waals surface area contributed by atoms with E-state index in [4.69, 9.17) is 9.47 Å². The van der Waals surface area contributed by atoms with Crippen molar-refractivity contribution in [3.05, 3.63) is 42.0 Å². The van der Waals surface area contributed by atoms with Crippen LogP contribution in [-0.4, -0.2) is 28.9 Å². The summed E-state index contributed by atoms with van der Waals surface area (Å²) < 4.78 is 12.6. The molecule has 0 fully saturated rings. The van der Waals surface area contributed by atoms with Gasteiger partial charge in [0.2, 0.25) is 0 Å². The van der Waals surface area contributed by atoms with Gasteiger partial charge in [-0.15, -0.1) is 0 Å². The van der Waals surface area contributed by atoms with Crippen LogP contribution in [0.5, 0.6) is 11.5 Å². The molecule has 0 saturated heterocycles. The Bertz CT molecular complexity index is 593. The second kappa shape index (κ2) is 6.63. The van der Waals surface area contributed by atoms with Crippen molar-refractivity contribution in [1.82, 2.24) is 9.55 Å². The van der Waals surface area contributed by atoms with E-state index in [1.807, 2.05) is 36.9 Å². The summed E-state index contributed by atoms with van der Waals surface area (Å²) in [4.78, 5) is 4.35. The number of aromatic nitrogens is 2. The third-order valence-electron chi connectivity index (χ3n) is 3.44. The lowest BCUT2D eigenvalue weighted by Crippen LogP contribution is -2.06. The molecule has 0 bridgehead atoms. The number of rotatable bonds is 6. The number of aliphatic hydroxyl groups is 1. The Balaban J connectivity index is 2.23. The lowest BCUT2D eigenvalue weighted by atomic mass is 10.0. The van der Waals surface area contributed by atoms with Gasteiger partial charge in [0, 0.05) is 24.7 Å². The van der Waals surface area contributed by atoms with Crippen molar-refractivity contribution in [3.63, 3.8) is 0 Å². The van der Waals surface area contributed by atoms with Crippen molar-refractivity contribution in [1.29, 1.82) is 0 Å². The van der Waals surface area contributed by atoms with Gasteiger partial charge in [-0.3, -0.25) is 4.98 Å². The molecule has 1 unspecified atom stereocenters. The average molecular weight is 290 g/mol. The Labute approximate surface area is 125 Å². The molecule has 0 aliphatic heterocycles. The van der Waals surface area contributed by atoms with Crippen LogP contribution >= 0.6 is 0 Å². The minimum Gasteiger partial charge on any atom is -0.493 e. The predicted molar refractivity (Wildman–Crippen MR) is 80.7 cm³/mol. The summed E-state index contributed by atoms with van der Waals surface area (Å²) in [5, 5.41) is 10.1. The molecule has 0 saturated carbocycles. The van der Waals surface area contributed by atoms with Crippen molar-refractivity contribution < 1.29 is 14.6 Å². The molecule has 0 aliphatic rings. The third-order valence-corrected chi connectivity index (χ3v) is 3.44. The van der Waals surface area contributed by atoms with Gasteiger partial charge in [-0.05, 0) is 17.5 Å². The highest BCUT2D eigenvalue weighted by molar-refractivity contribution is 5.42. The summed E-state index contributed by atoms with van der Waals surface area (Å²) in [5.41, 5.74) is 1.70. The van der Waals surface area contributed by atoms with Crippen molar-refractivity contribution >= 4 is 0 Å². The fraction of sp³-hybridized carbons (Fsp3) is 0.438. The second-order valence-corrected chi connectivity index (χ2v) is 5.30. The average Bonchev–Trinajstić information content (AvgIpc) is 2.94. The fourth-order valence-electron chi connectivity index (χ4n) is 2.25. The predicted octanol–water partition coefficient (Wildman–Crippen LogP) is 2.64. The fourth-order valence-corrected chi connectivity index (χ4v) is 2.25. The number of pyridine rings is 1. The van der Waals surface area contributed by atoms with Crippen LogP contribution in [0.3, 0.4) is 0 Å². The van der Waals surface area contributed by atoms with Crippen molar-refractivity contribution in [2.75, 3.05) is 14.2 Å². The molecular formula is C16H22N2O3. The van der Waals surface area contributed by atoms with E-state index >= 15 is 0 Å². The molecule has 2 heterocycles. The maximum Gasteiger partial charge on any atom is 0.184 e. The maximum atomic E-state index is 10.1. The van der Waals surface area contributed by atoms with E-state index in [0.29, 0.717) is 18.0 Å². The number of methoxy groups -OCH3 is 2. The Morgan fingerprint density at radius 2 is 2.00 bits per heavy atom. The summed E-state index contributed by atoms with van der Waals surface area (Å²) in [5.74, 6) is 1.49. The second-order valence-electron chi connectivity index (χ2n) is 5.30. The molecule has 2 rings (SSSR count). The van der Waals surface area contributed by atoms with Gasteiger partial charge in [0.25, 0.3) is 0 Å². The molecule has 5 heteroatoms. The normalized spacial score (nSPS) is 12.5. The molecule has 1 N–H and O–H groups in total. The van der Waals surface area contributed by atoms with Crippen LogP contribution < -0.4 is 9.47 Å². The third kappa shape index (κ3) is 3.36. The first-order valence-corrected chi connectivity index (χ1v) is 6.96. The lowest BCUT2D eigenvalue weighted by molar-refractivity contribution is 0.127. The number of aliphatic hydroxyl groups excluding tert-OH is 1. The van der Waals surface area contributed by atoms with Crippen LogP contribution in [0, 0.1) is 5.92 Å². The highest BCUT2D eigenvalue weighted by Crippen LogP contribution is 2.30. The van der Waals surface area contributed by atoms with E-state index in [1.54, 1.807) is 26.5 Å². The van der Waals surface area contributed by atoms with Crippen LogP contribution in [-0.2, 0) is 6.54 Å². The number of ether oxygens (including phenoxy) is 2. The molecule has 0 radical (unpaired) electrons. The topological polar surface area (TPSA) is 56.5 Å². The zero-order valence-electron chi connectivity index (χ0n) is 12.9. The van der Waals surface area contributed by atoms with Crippen molar-refractivity contribution in [3.8, 4) is 11.5 Å². The minimum atomic E-state index is -0.452. The molecule has 2 aromatic rings. The molecule has 0 spiro atoms. The van der Waals surface area contributed by atoms with Gasteiger partial charge >= 0.3 is 0 Å². The van der Waals surface area contributed by atoms with E-state index < -0.39 is 6.10 Å². The van der Waals surface area contributed by atoms with Gasteiger partial charge in [-0.2, -0.15) is 0 Å². The van der Waals surface area contributed by atoms with Crippen molar-refractivity contribution in [2.24, 2.45) is 5.92 Å². The van der Waals surface area contributed by atoms with Gasteiger partial charge < -0.3 is 19.1 Å². The van der Waals surface area contributed by atoms with Crippen molar-refractivity contribution in [2.45, 2.75) is 26.5 Å². The Morgan fingerprint density at radius 1 is 1.24 bits per heavy atom. The summed E-state index contributed by atoms with van der Waals surface area (Å²) in [7, 11) is 3.21. The van der Waals surface area contributed by atoms with E-state index in [2.05, 4.69) is 4.98 Å². The SMILES string of the molecule is COc1ccnc(Cn2ccc(C(O)C(C)C)c2)c1OC. The van der Waals surface area contributed by atoms with Gasteiger partial charge in [0.05, 0.1) is 26.9 Å². The summed E-state index contributed by atoms with van der Waals surface area (Å²) >= 11 is 0. The zero-order chi connectivity index (χ0) is 15.4. The van der Waals surface area contributed by atoms with E-state index in [1.165, 1.54) is 0 Å². The van der Waals surface area contributed by atoms with Crippen LogP contribution in [0.1, 0.15) is 31.2 Å². The highest BCUT2D eigenvalue weighted by Gasteiger charge is 2.15. The monoisotopic (exact) mass is 290 g/mol. The van der Waals surface area contributed by atoms with Gasteiger partial charge in [-0.25, -0.2) is 0 Å². The molecule has 1 atom stereocenters. The molecule has 114 valence electrons. The number of nitrogens with zero attached hydrogens (tertiary/aromatic N) is 2. The quantitative estimate of drug-likeness (QED) is 0.888. The molecule has 0 amide bonds. The molecule has 0 aromatic carbocycles. The zero-order valence-corrected chi connectivity index (χ0v) is 12.9. The van der Waals surface area contributed by atoms with E-state index in [-0.39, 0.29) is 5.92 Å². The van der Waals surface area contributed by atoms with Gasteiger partial charge in [0.1, 0.15) is 5.69 Å². The molecule has 2 aromatic heterocycles. The van der Waals surface area contributed by atoms with Gasteiger partial charge in [-0.1, -0.05) is 13.8 Å². The van der Waals surface area contributed by atoms with E-state index in [9.17, 15) is 5.11 Å². The summed E-state index contributed by atoms with van der Waals surface area (Å²) in [6.45, 7) is 4.55. The highest BCUT2D eigenvalue weighted by atomic mass is 16.5. The van der Waals surface area contributed by atoms with Crippen LogP contribution in [0.15, 0.2) is 30.7 Å².